The average molecular weight is 356 g/mol. The highest BCUT2D eigenvalue weighted by Crippen LogP contribution is 2.49. The third-order valence-corrected chi connectivity index (χ3v) is 5.19. The molecular weight excluding hydrogens is 336 g/mol. The van der Waals surface area contributed by atoms with Crippen LogP contribution in [0.15, 0.2) is 84.9 Å². The molecule has 0 radical (unpaired) electrons. The Balaban J connectivity index is 1.92. The summed E-state index contributed by atoms with van der Waals surface area (Å²) in [6, 6.07) is 26.4. The molecule has 1 fully saturated rings. The molecule has 134 valence electrons. The van der Waals surface area contributed by atoms with Crippen LogP contribution in [0.25, 0.3) is 0 Å². The first kappa shape index (κ1) is 17.2. The van der Waals surface area contributed by atoms with E-state index in [0.717, 1.165) is 11.1 Å². The normalized spacial score (nSPS) is 21.7. The Hall–Kier alpha value is -3.20. The van der Waals surface area contributed by atoms with Crippen LogP contribution in [-0.2, 0) is 15.1 Å². The van der Waals surface area contributed by atoms with Crippen molar-refractivity contribution in [1.82, 2.24) is 0 Å². The minimum atomic E-state index is -1.35. The van der Waals surface area contributed by atoms with Gasteiger partial charge in [-0.2, -0.15) is 0 Å². The zero-order valence-electron chi connectivity index (χ0n) is 15.1. The van der Waals surface area contributed by atoms with E-state index >= 15 is 0 Å². The number of esters is 1. The first-order valence-corrected chi connectivity index (χ1v) is 9.05. The first-order chi connectivity index (χ1) is 13.1. The van der Waals surface area contributed by atoms with Crippen LogP contribution >= 0.6 is 0 Å². The Labute approximate surface area is 158 Å². The number of ketones is 1. The molecule has 27 heavy (non-hydrogen) atoms. The van der Waals surface area contributed by atoms with E-state index in [4.69, 9.17) is 4.74 Å². The van der Waals surface area contributed by atoms with Gasteiger partial charge < -0.3 is 4.74 Å². The lowest BCUT2D eigenvalue weighted by Crippen LogP contribution is -2.40. The maximum Gasteiger partial charge on any atom is 0.307 e. The molecule has 3 aromatic rings. The zero-order valence-corrected chi connectivity index (χ0v) is 15.1. The molecule has 1 saturated heterocycles. The van der Waals surface area contributed by atoms with E-state index in [1.165, 1.54) is 0 Å². The predicted molar refractivity (Wildman–Crippen MR) is 104 cm³/mol. The summed E-state index contributed by atoms with van der Waals surface area (Å²) >= 11 is 0. The molecule has 0 aliphatic carbocycles. The number of benzene rings is 3. The topological polar surface area (TPSA) is 43.4 Å². The van der Waals surface area contributed by atoms with E-state index in [2.05, 4.69) is 0 Å². The summed E-state index contributed by atoms with van der Waals surface area (Å²) in [4.78, 5) is 26.1. The fraction of sp³-hybridized carbons (Fsp3) is 0.167. The summed E-state index contributed by atoms with van der Waals surface area (Å²) in [6.45, 7) is 2.01. The van der Waals surface area contributed by atoms with Crippen molar-refractivity contribution in [3.8, 4) is 0 Å². The van der Waals surface area contributed by atoms with Crippen molar-refractivity contribution in [3.05, 3.63) is 107 Å². The van der Waals surface area contributed by atoms with Crippen molar-refractivity contribution in [2.24, 2.45) is 0 Å². The van der Waals surface area contributed by atoms with E-state index in [0.29, 0.717) is 11.1 Å². The molecule has 2 atom stereocenters. The van der Waals surface area contributed by atoms with E-state index in [9.17, 15) is 9.59 Å². The lowest BCUT2D eigenvalue weighted by molar-refractivity contribution is -0.146. The van der Waals surface area contributed by atoms with Crippen LogP contribution in [0.1, 0.15) is 39.4 Å². The van der Waals surface area contributed by atoms with E-state index in [-0.39, 0.29) is 24.1 Å². The smallest absolute Gasteiger partial charge is 0.307 e. The van der Waals surface area contributed by atoms with Crippen molar-refractivity contribution in [2.75, 3.05) is 0 Å². The highest BCUT2D eigenvalue weighted by atomic mass is 16.6. The van der Waals surface area contributed by atoms with Gasteiger partial charge in [0.1, 0.15) is 0 Å². The highest BCUT2D eigenvalue weighted by Gasteiger charge is 2.56. The van der Waals surface area contributed by atoms with Crippen LogP contribution in [0.2, 0.25) is 0 Å². The predicted octanol–water partition coefficient (Wildman–Crippen LogP) is 4.80. The molecule has 0 aromatic heterocycles. The molecular formula is C24H20O3. The number of aryl methyl sites for hydroxylation is 1. The van der Waals surface area contributed by atoms with Crippen LogP contribution in [0, 0.1) is 6.92 Å². The summed E-state index contributed by atoms with van der Waals surface area (Å²) < 4.78 is 5.86. The van der Waals surface area contributed by atoms with Gasteiger partial charge in [0, 0.05) is 17.0 Å². The molecule has 0 unspecified atom stereocenters. The summed E-state index contributed by atoms with van der Waals surface area (Å²) in [5.41, 5.74) is 1.95. The molecule has 1 aliphatic rings. The highest BCUT2D eigenvalue weighted by molar-refractivity contribution is 6.06. The summed E-state index contributed by atoms with van der Waals surface area (Å²) in [5, 5.41) is 0. The molecule has 3 heteroatoms. The Kier molecular flexibility index (Phi) is 4.36. The van der Waals surface area contributed by atoms with Gasteiger partial charge in [-0.3, -0.25) is 9.59 Å². The van der Waals surface area contributed by atoms with Crippen LogP contribution in [-0.4, -0.2) is 11.8 Å². The van der Waals surface area contributed by atoms with Gasteiger partial charge in [0.2, 0.25) is 11.4 Å². The minimum absolute atomic E-state index is 0.177. The SMILES string of the molecule is Cc1ccc([C@@H]2CC(=O)O[C@]2(C(=O)c2ccccc2)c2ccccc2)cc1. The van der Waals surface area contributed by atoms with Crippen molar-refractivity contribution < 1.29 is 14.3 Å². The fourth-order valence-electron chi connectivity index (χ4n) is 3.84. The fourth-order valence-corrected chi connectivity index (χ4v) is 3.84. The van der Waals surface area contributed by atoms with E-state index in [1.54, 1.807) is 12.1 Å². The van der Waals surface area contributed by atoms with E-state index < -0.39 is 5.60 Å². The zero-order chi connectivity index (χ0) is 18.9. The molecule has 1 aliphatic heterocycles. The Morgan fingerprint density at radius 2 is 1.48 bits per heavy atom. The molecule has 0 spiro atoms. The van der Waals surface area contributed by atoms with Gasteiger partial charge in [0.15, 0.2) is 0 Å². The number of rotatable bonds is 4. The maximum atomic E-state index is 13.7. The van der Waals surface area contributed by atoms with Crippen LogP contribution in [0.4, 0.5) is 0 Å². The van der Waals surface area contributed by atoms with Gasteiger partial charge >= 0.3 is 5.97 Å². The number of carbonyl (C=O) groups excluding carboxylic acids is 2. The molecule has 0 amide bonds. The van der Waals surface area contributed by atoms with Crippen molar-refractivity contribution in [1.29, 1.82) is 0 Å². The molecule has 4 rings (SSSR count). The monoisotopic (exact) mass is 356 g/mol. The molecule has 3 aromatic carbocycles. The minimum Gasteiger partial charge on any atom is -0.445 e. The quantitative estimate of drug-likeness (QED) is 0.498. The lowest BCUT2D eigenvalue weighted by Gasteiger charge is -2.33. The number of ether oxygens (including phenoxy) is 1. The van der Waals surface area contributed by atoms with Gasteiger partial charge in [-0.15, -0.1) is 0 Å². The summed E-state index contributed by atoms with van der Waals surface area (Å²) in [7, 11) is 0. The van der Waals surface area contributed by atoms with Crippen LogP contribution in [0.3, 0.4) is 0 Å². The standard InChI is InChI=1S/C24H20O3/c1-17-12-14-18(15-13-17)21-16-22(25)27-24(21,20-10-6-3-7-11-20)23(26)19-8-4-2-5-9-19/h2-15,21H,16H2,1H3/t21-,24+/m0/s1. The van der Waals surface area contributed by atoms with Gasteiger partial charge in [0.25, 0.3) is 0 Å². The average Bonchev–Trinajstić information content (AvgIpc) is 3.07. The Morgan fingerprint density at radius 3 is 2.11 bits per heavy atom. The number of carbonyl (C=O) groups is 2. The molecule has 0 N–H and O–H groups in total. The largest absolute Gasteiger partial charge is 0.445 e. The molecule has 0 saturated carbocycles. The number of cyclic esters (lactones) is 1. The van der Waals surface area contributed by atoms with Crippen LogP contribution in [0.5, 0.6) is 0 Å². The van der Waals surface area contributed by atoms with Crippen molar-refractivity contribution in [2.45, 2.75) is 24.9 Å². The molecule has 0 bridgehead atoms. The second-order valence-corrected chi connectivity index (χ2v) is 6.94. The Morgan fingerprint density at radius 1 is 0.889 bits per heavy atom. The Bertz CT molecular complexity index is 962. The van der Waals surface area contributed by atoms with Gasteiger partial charge in [-0.25, -0.2) is 0 Å². The second kappa shape index (κ2) is 6.84. The summed E-state index contributed by atoms with van der Waals surface area (Å²) in [5.74, 6) is -0.917. The van der Waals surface area contributed by atoms with Gasteiger partial charge in [-0.05, 0) is 12.5 Å². The first-order valence-electron chi connectivity index (χ1n) is 9.05. The summed E-state index contributed by atoms with van der Waals surface area (Å²) in [6.07, 6.45) is 0.177. The lowest BCUT2D eigenvalue weighted by atomic mass is 9.73. The number of hydrogen-bond acceptors (Lipinski definition) is 3. The van der Waals surface area contributed by atoms with Crippen molar-refractivity contribution in [3.63, 3.8) is 0 Å². The van der Waals surface area contributed by atoms with Crippen molar-refractivity contribution >= 4 is 11.8 Å². The van der Waals surface area contributed by atoms with Crippen LogP contribution < -0.4 is 0 Å². The van der Waals surface area contributed by atoms with Gasteiger partial charge in [-0.1, -0.05) is 90.5 Å². The van der Waals surface area contributed by atoms with E-state index in [1.807, 2.05) is 79.7 Å². The number of Topliss-reactive ketones (excluding diaryl/α,β-unsaturated/α-hetero) is 1. The van der Waals surface area contributed by atoms with Gasteiger partial charge in [0.05, 0.1) is 6.42 Å². The molecule has 1 heterocycles. The maximum absolute atomic E-state index is 13.7. The molecule has 3 nitrogen and oxygen atoms in total. The third kappa shape index (κ3) is 2.95. The third-order valence-electron chi connectivity index (χ3n) is 5.19. The second-order valence-electron chi connectivity index (χ2n) is 6.94. The number of hydrogen-bond donors (Lipinski definition) is 0.